The predicted octanol–water partition coefficient (Wildman–Crippen LogP) is 1.26. The number of anilines is 1. The molecule has 2 aliphatic rings. The minimum absolute atomic E-state index is 0.398. The van der Waals surface area contributed by atoms with E-state index in [0.717, 1.165) is 36.3 Å². The lowest BCUT2D eigenvalue weighted by atomic mass is 9.80. The minimum atomic E-state index is -0.751. The molecule has 108 valence electrons. The van der Waals surface area contributed by atoms with Crippen molar-refractivity contribution >= 4 is 11.8 Å². The monoisotopic (exact) mass is 277 g/mol. The second kappa shape index (κ2) is 5.36. The van der Waals surface area contributed by atoms with E-state index >= 15 is 0 Å². The maximum absolute atomic E-state index is 11.6. The molecule has 1 aromatic rings. The maximum Gasteiger partial charge on any atom is 0.311 e. The molecule has 0 radical (unpaired) electrons. The zero-order valence-electron chi connectivity index (χ0n) is 11.4. The first-order valence-corrected chi connectivity index (χ1v) is 7.09. The Labute approximate surface area is 117 Å². The molecule has 1 aliphatic carbocycles. The van der Waals surface area contributed by atoms with Crippen LogP contribution in [0.15, 0.2) is 6.33 Å². The summed E-state index contributed by atoms with van der Waals surface area (Å²) >= 11 is 0. The van der Waals surface area contributed by atoms with Gasteiger partial charge in [-0.2, -0.15) is 0 Å². The number of carboxylic acid groups (broad SMARTS) is 1. The Morgan fingerprint density at radius 3 is 2.90 bits per heavy atom. The van der Waals surface area contributed by atoms with Crippen molar-refractivity contribution in [1.82, 2.24) is 9.97 Å². The molecule has 0 aromatic carbocycles. The molecule has 3 rings (SSSR count). The molecule has 0 atom stereocenters. The van der Waals surface area contributed by atoms with Crippen LogP contribution < -0.4 is 5.32 Å². The fourth-order valence-electron chi connectivity index (χ4n) is 2.99. The Morgan fingerprint density at radius 1 is 1.35 bits per heavy atom. The van der Waals surface area contributed by atoms with E-state index in [1.165, 1.54) is 0 Å². The highest BCUT2D eigenvalue weighted by atomic mass is 16.5. The van der Waals surface area contributed by atoms with Gasteiger partial charge in [0.05, 0.1) is 5.41 Å². The first-order valence-electron chi connectivity index (χ1n) is 7.09. The summed E-state index contributed by atoms with van der Waals surface area (Å²) in [4.78, 5) is 20.2. The Balaban J connectivity index is 1.75. The molecule has 0 saturated carbocycles. The SMILES string of the molecule is O=C(O)C1(CNc2ncnc3c2CCC3)CCOCC1. The van der Waals surface area contributed by atoms with Gasteiger partial charge in [-0.25, -0.2) is 9.97 Å². The predicted molar refractivity (Wildman–Crippen MR) is 72.7 cm³/mol. The van der Waals surface area contributed by atoms with E-state index in [1.807, 2.05) is 0 Å². The fourth-order valence-corrected chi connectivity index (χ4v) is 2.99. The van der Waals surface area contributed by atoms with Crippen molar-refractivity contribution in [1.29, 1.82) is 0 Å². The number of carbonyl (C=O) groups is 1. The van der Waals surface area contributed by atoms with Gasteiger partial charge < -0.3 is 15.2 Å². The standard InChI is InChI=1S/C14H19N3O3/c18-13(19)14(4-6-20-7-5-14)8-15-12-10-2-1-3-11(10)16-9-17-12/h9H,1-8H2,(H,18,19)(H,15,16,17). The Kier molecular flexibility index (Phi) is 3.56. The van der Waals surface area contributed by atoms with Crippen LogP contribution in [0.2, 0.25) is 0 Å². The minimum Gasteiger partial charge on any atom is -0.481 e. The molecule has 2 N–H and O–H groups in total. The van der Waals surface area contributed by atoms with Gasteiger partial charge in [0.25, 0.3) is 0 Å². The van der Waals surface area contributed by atoms with Gasteiger partial charge in [-0.3, -0.25) is 4.79 Å². The van der Waals surface area contributed by atoms with E-state index in [4.69, 9.17) is 4.74 Å². The van der Waals surface area contributed by atoms with Gasteiger partial charge in [0, 0.05) is 31.0 Å². The molecule has 1 aliphatic heterocycles. The number of hydrogen-bond donors (Lipinski definition) is 2. The number of aromatic nitrogens is 2. The second-order valence-corrected chi connectivity index (χ2v) is 5.55. The average molecular weight is 277 g/mol. The highest BCUT2D eigenvalue weighted by Crippen LogP contribution is 2.32. The molecule has 0 amide bonds. The molecule has 6 heteroatoms. The normalized spacial score (nSPS) is 20.4. The van der Waals surface area contributed by atoms with Crippen molar-refractivity contribution in [2.24, 2.45) is 5.41 Å². The number of nitrogens with zero attached hydrogens (tertiary/aromatic N) is 2. The van der Waals surface area contributed by atoms with Crippen LogP contribution >= 0.6 is 0 Å². The van der Waals surface area contributed by atoms with Crippen LogP contribution in [0.3, 0.4) is 0 Å². The van der Waals surface area contributed by atoms with E-state index in [1.54, 1.807) is 6.33 Å². The van der Waals surface area contributed by atoms with Crippen LogP contribution in [-0.2, 0) is 22.4 Å². The van der Waals surface area contributed by atoms with Crippen LogP contribution in [0.25, 0.3) is 0 Å². The summed E-state index contributed by atoms with van der Waals surface area (Å²) in [5.74, 6) is 0.0543. The molecular weight excluding hydrogens is 258 g/mol. The van der Waals surface area contributed by atoms with Crippen molar-refractivity contribution in [3.8, 4) is 0 Å². The zero-order chi connectivity index (χ0) is 14.0. The fraction of sp³-hybridized carbons (Fsp3) is 0.643. The molecular formula is C14H19N3O3. The molecule has 2 heterocycles. The Morgan fingerprint density at radius 2 is 2.15 bits per heavy atom. The van der Waals surface area contributed by atoms with Gasteiger partial charge in [0.15, 0.2) is 0 Å². The van der Waals surface area contributed by atoms with E-state index in [0.29, 0.717) is 32.6 Å². The van der Waals surface area contributed by atoms with Crippen LogP contribution in [0.4, 0.5) is 5.82 Å². The third kappa shape index (κ3) is 2.35. The first kappa shape index (κ1) is 13.3. The van der Waals surface area contributed by atoms with Crippen molar-refractivity contribution in [3.05, 3.63) is 17.6 Å². The highest BCUT2D eigenvalue weighted by Gasteiger charge is 2.40. The number of aliphatic carboxylic acids is 1. The van der Waals surface area contributed by atoms with E-state index in [-0.39, 0.29) is 0 Å². The topological polar surface area (TPSA) is 84.3 Å². The first-order chi connectivity index (χ1) is 9.71. The van der Waals surface area contributed by atoms with Crippen LogP contribution in [-0.4, -0.2) is 40.8 Å². The van der Waals surface area contributed by atoms with Gasteiger partial charge in [0.2, 0.25) is 0 Å². The molecule has 0 spiro atoms. The lowest BCUT2D eigenvalue weighted by molar-refractivity contribution is -0.153. The van der Waals surface area contributed by atoms with Crippen molar-refractivity contribution in [2.45, 2.75) is 32.1 Å². The van der Waals surface area contributed by atoms with Gasteiger partial charge in [-0.05, 0) is 32.1 Å². The number of rotatable bonds is 4. The molecule has 1 fully saturated rings. The molecule has 6 nitrogen and oxygen atoms in total. The quantitative estimate of drug-likeness (QED) is 0.862. The third-order valence-corrected chi connectivity index (χ3v) is 4.37. The van der Waals surface area contributed by atoms with Gasteiger partial charge in [0.1, 0.15) is 12.1 Å². The summed E-state index contributed by atoms with van der Waals surface area (Å²) < 4.78 is 5.28. The van der Waals surface area contributed by atoms with E-state index in [9.17, 15) is 9.90 Å². The largest absolute Gasteiger partial charge is 0.481 e. The summed E-state index contributed by atoms with van der Waals surface area (Å²) in [6.07, 6.45) is 5.71. The van der Waals surface area contributed by atoms with Gasteiger partial charge >= 0.3 is 5.97 Å². The maximum atomic E-state index is 11.6. The lowest BCUT2D eigenvalue weighted by Gasteiger charge is -2.33. The zero-order valence-corrected chi connectivity index (χ0v) is 11.4. The smallest absolute Gasteiger partial charge is 0.311 e. The molecule has 1 saturated heterocycles. The van der Waals surface area contributed by atoms with Gasteiger partial charge in [-0.15, -0.1) is 0 Å². The molecule has 20 heavy (non-hydrogen) atoms. The lowest BCUT2D eigenvalue weighted by Crippen LogP contribution is -2.42. The molecule has 1 aromatic heterocycles. The van der Waals surface area contributed by atoms with Gasteiger partial charge in [-0.1, -0.05) is 0 Å². The molecule has 0 unspecified atom stereocenters. The summed E-state index contributed by atoms with van der Waals surface area (Å²) in [6, 6.07) is 0. The number of ether oxygens (including phenoxy) is 1. The second-order valence-electron chi connectivity index (χ2n) is 5.55. The van der Waals surface area contributed by atoms with Crippen LogP contribution in [0.1, 0.15) is 30.5 Å². The number of hydrogen-bond acceptors (Lipinski definition) is 5. The van der Waals surface area contributed by atoms with Crippen molar-refractivity contribution < 1.29 is 14.6 Å². The number of carboxylic acids is 1. The summed E-state index contributed by atoms with van der Waals surface area (Å²) in [5.41, 5.74) is 1.51. The highest BCUT2D eigenvalue weighted by molar-refractivity contribution is 5.75. The summed E-state index contributed by atoms with van der Waals surface area (Å²) in [6.45, 7) is 1.42. The van der Waals surface area contributed by atoms with E-state index in [2.05, 4.69) is 15.3 Å². The summed E-state index contributed by atoms with van der Waals surface area (Å²) in [7, 11) is 0. The molecule has 0 bridgehead atoms. The number of nitrogens with one attached hydrogen (secondary N) is 1. The van der Waals surface area contributed by atoms with E-state index < -0.39 is 11.4 Å². The average Bonchev–Trinajstić information content (AvgIpc) is 2.95. The number of fused-ring (bicyclic) bond motifs is 1. The van der Waals surface area contributed by atoms with Crippen LogP contribution in [0.5, 0.6) is 0 Å². The Hall–Kier alpha value is -1.69. The van der Waals surface area contributed by atoms with Crippen LogP contribution in [0, 0.1) is 5.41 Å². The third-order valence-electron chi connectivity index (χ3n) is 4.37. The number of aryl methyl sites for hydroxylation is 1. The summed E-state index contributed by atoms with van der Waals surface area (Å²) in [5, 5.41) is 12.8. The van der Waals surface area contributed by atoms with Crippen molar-refractivity contribution in [3.63, 3.8) is 0 Å². The van der Waals surface area contributed by atoms with Crippen molar-refractivity contribution in [2.75, 3.05) is 25.1 Å². The Bertz CT molecular complexity index is 512.